The molecule has 0 radical (unpaired) electrons. The van der Waals surface area contributed by atoms with Gasteiger partial charge in [-0.15, -0.1) is 0 Å². The number of benzene rings is 1. The summed E-state index contributed by atoms with van der Waals surface area (Å²) in [7, 11) is 0. The lowest BCUT2D eigenvalue weighted by Gasteiger charge is -2.31. The predicted octanol–water partition coefficient (Wildman–Crippen LogP) is 3.21. The fourth-order valence-corrected chi connectivity index (χ4v) is 3.59. The third-order valence-electron chi connectivity index (χ3n) is 5.31. The van der Waals surface area contributed by atoms with Gasteiger partial charge in [0.05, 0.1) is 18.2 Å². The van der Waals surface area contributed by atoms with Crippen LogP contribution in [0.15, 0.2) is 59.3 Å². The molecule has 0 unspecified atom stereocenters. The molecule has 7 heteroatoms. The Kier molecular flexibility index (Phi) is 5.88. The van der Waals surface area contributed by atoms with Crippen molar-refractivity contribution < 1.29 is 14.1 Å². The second-order valence-electron chi connectivity index (χ2n) is 7.57. The molecule has 0 spiro atoms. The van der Waals surface area contributed by atoms with Crippen molar-refractivity contribution in [2.45, 2.75) is 26.3 Å². The van der Waals surface area contributed by atoms with Gasteiger partial charge in [-0.2, -0.15) is 0 Å². The van der Waals surface area contributed by atoms with Crippen molar-refractivity contribution in [3.05, 3.63) is 71.7 Å². The Morgan fingerprint density at radius 1 is 1.20 bits per heavy atom. The molecule has 0 aliphatic carbocycles. The van der Waals surface area contributed by atoms with Crippen LogP contribution in [0.2, 0.25) is 0 Å². The average molecular weight is 404 g/mol. The first-order valence-corrected chi connectivity index (χ1v) is 10.1. The number of piperidine rings is 1. The fraction of sp³-hybridized carbons (Fsp3) is 0.304. The van der Waals surface area contributed by atoms with Crippen molar-refractivity contribution in [3.8, 4) is 11.3 Å². The topological polar surface area (TPSA) is 88.3 Å². The van der Waals surface area contributed by atoms with E-state index in [-0.39, 0.29) is 23.4 Å². The van der Waals surface area contributed by atoms with E-state index in [0.29, 0.717) is 25.4 Å². The highest BCUT2D eigenvalue weighted by molar-refractivity contribution is 5.93. The van der Waals surface area contributed by atoms with Crippen LogP contribution in [0, 0.1) is 12.8 Å². The van der Waals surface area contributed by atoms with Gasteiger partial charge in [0.15, 0.2) is 11.5 Å². The summed E-state index contributed by atoms with van der Waals surface area (Å²) < 4.78 is 5.38. The van der Waals surface area contributed by atoms with Gasteiger partial charge >= 0.3 is 0 Å². The van der Waals surface area contributed by atoms with E-state index in [4.69, 9.17) is 4.52 Å². The third kappa shape index (κ3) is 4.56. The fourth-order valence-electron chi connectivity index (χ4n) is 3.59. The third-order valence-corrected chi connectivity index (χ3v) is 5.31. The predicted molar refractivity (Wildman–Crippen MR) is 111 cm³/mol. The molecule has 3 aromatic rings. The lowest BCUT2D eigenvalue weighted by atomic mass is 9.96. The minimum Gasteiger partial charge on any atom is -0.355 e. The summed E-state index contributed by atoms with van der Waals surface area (Å²) in [4.78, 5) is 31.4. The summed E-state index contributed by atoms with van der Waals surface area (Å²) in [6, 6.07) is 15.1. The van der Waals surface area contributed by atoms with Crippen LogP contribution in [-0.2, 0) is 11.3 Å². The molecule has 30 heavy (non-hydrogen) atoms. The Labute approximate surface area is 175 Å². The van der Waals surface area contributed by atoms with Gasteiger partial charge < -0.3 is 14.7 Å². The molecule has 1 saturated heterocycles. The normalized spacial score (nSPS) is 16.3. The maximum atomic E-state index is 12.9. The summed E-state index contributed by atoms with van der Waals surface area (Å²) in [6.45, 7) is 3.38. The standard InChI is InChI=1S/C23H24N4O3/c1-16-7-9-17(10-8-16)21-13-20(26-30-21)23(29)27-12-4-5-18(15-27)22(28)25-14-19-6-2-3-11-24-19/h2-3,6-11,13,18H,4-5,12,14-15H2,1H3,(H,25,28)/t18-/m1/s1. The molecule has 1 aliphatic heterocycles. The molecule has 154 valence electrons. The number of hydrogen-bond donors (Lipinski definition) is 1. The van der Waals surface area contributed by atoms with E-state index < -0.39 is 0 Å². The number of likely N-dealkylation sites (tertiary alicyclic amines) is 1. The quantitative estimate of drug-likeness (QED) is 0.705. The number of hydrogen-bond acceptors (Lipinski definition) is 5. The van der Waals surface area contributed by atoms with Gasteiger partial charge in [0.25, 0.3) is 5.91 Å². The van der Waals surface area contributed by atoms with E-state index in [1.54, 1.807) is 17.2 Å². The Bertz CT molecular complexity index is 1010. The SMILES string of the molecule is Cc1ccc(-c2cc(C(=O)N3CCC[C@@H](C(=O)NCc4ccccn4)C3)no2)cc1. The summed E-state index contributed by atoms with van der Waals surface area (Å²) in [5, 5.41) is 6.89. The Balaban J connectivity index is 1.37. The monoisotopic (exact) mass is 404 g/mol. The summed E-state index contributed by atoms with van der Waals surface area (Å²) in [6.07, 6.45) is 3.23. The van der Waals surface area contributed by atoms with Gasteiger partial charge in [-0.1, -0.05) is 41.1 Å². The first-order chi connectivity index (χ1) is 14.6. The number of carbonyl (C=O) groups is 2. The zero-order valence-corrected chi connectivity index (χ0v) is 16.9. The second-order valence-corrected chi connectivity index (χ2v) is 7.57. The number of aromatic nitrogens is 2. The number of amides is 2. The number of nitrogens with one attached hydrogen (secondary N) is 1. The van der Waals surface area contributed by atoms with E-state index in [2.05, 4.69) is 15.5 Å². The zero-order valence-electron chi connectivity index (χ0n) is 16.9. The first kappa shape index (κ1) is 19.8. The Morgan fingerprint density at radius 3 is 2.80 bits per heavy atom. The first-order valence-electron chi connectivity index (χ1n) is 10.1. The molecule has 1 fully saturated rings. The van der Waals surface area contributed by atoms with Crippen LogP contribution >= 0.6 is 0 Å². The molecule has 0 saturated carbocycles. The van der Waals surface area contributed by atoms with Crippen LogP contribution in [0.3, 0.4) is 0 Å². The van der Waals surface area contributed by atoms with Crippen molar-refractivity contribution in [2.24, 2.45) is 5.92 Å². The maximum Gasteiger partial charge on any atom is 0.276 e. The number of pyridine rings is 1. The molecule has 3 heterocycles. The minimum atomic E-state index is -0.241. The smallest absolute Gasteiger partial charge is 0.276 e. The van der Waals surface area contributed by atoms with Crippen molar-refractivity contribution >= 4 is 11.8 Å². The molecule has 0 bridgehead atoms. The van der Waals surface area contributed by atoms with E-state index in [0.717, 1.165) is 29.7 Å². The second kappa shape index (κ2) is 8.90. The molecule has 7 nitrogen and oxygen atoms in total. The number of aryl methyl sites for hydroxylation is 1. The molecule has 1 atom stereocenters. The van der Waals surface area contributed by atoms with Crippen molar-refractivity contribution in [1.29, 1.82) is 0 Å². The van der Waals surface area contributed by atoms with E-state index in [1.165, 1.54) is 0 Å². The number of nitrogens with zero attached hydrogens (tertiary/aromatic N) is 3. The van der Waals surface area contributed by atoms with Crippen LogP contribution in [0.25, 0.3) is 11.3 Å². The van der Waals surface area contributed by atoms with Gasteiger partial charge in [-0.05, 0) is 31.9 Å². The Morgan fingerprint density at radius 2 is 2.03 bits per heavy atom. The van der Waals surface area contributed by atoms with Gasteiger partial charge in [0.2, 0.25) is 5.91 Å². The lowest BCUT2D eigenvalue weighted by Crippen LogP contribution is -2.45. The minimum absolute atomic E-state index is 0.0568. The van der Waals surface area contributed by atoms with Crippen molar-refractivity contribution in [2.75, 3.05) is 13.1 Å². The highest BCUT2D eigenvalue weighted by atomic mass is 16.5. The number of carbonyl (C=O) groups excluding carboxylic acids is 2. The molecular weight excluding hydrogens is 380 g/mol. The molecule has 4 rings (SSSR count). The molecule has 1 N–H and O–H groups in total. The highest BCUT2D eigenvalue weighted by Gasteiger charge is 2.30. The van der Waals surface area contributed by atoms with Gasteiger partial charge in [0.1, 0.15) is 0 Å². The lowest BCUT2D eigenvalue weighted by molar-refractivity contribution is -0.126. The van der Waals surface area contributed by atoms with Gasteiger partial charge in [-0.3, -0.25) is 14.6 Å². The zero-order chi connectivity index (χ0) is 20.9. The van der Waals surface area contributed by atoms with Crippen LogP contribution in [-0.4, -0.2) is 39.9 Å². The van der Waals surface area contributed by atoms with E-state index in [1.807, 2.05) is 49.4 Å². The largest absolute Gasteiger partial charge is 0.355 e. The van der Waals surface area contributed by atoms with Crippen LogP contribution in [0.5, 0.6) is 0 Å². The number of rotatable bonds is 5. The summed E-state index contributed by atoms with van der Waals surface area (Å²) in [5.41, 5.74) is 3.09. The van der Waals surface area contributed by atoms with Gasteiger partial charge in [-0.25, -0.2) is 0 Å². The van der Waals surface area contributed by atoms with E-state index in [9.17, 15) is 9.59 Å². The van der Waals surface area contributed by atoms with Crippen LogP contribution in [0.4, 0.5) is 0 Å². The molecule has 1 aliphatic rings. The van der Waals surface area contributed by atoms with Crippen LogP contribution in [0.1, 0.15) is 34.6 Å². The van der Waals surface area contributed by atoms with Gasteiger partial charge in [0, 0.05) is 30.9 Å². The molecular formula is C23H24N4O3. The average Bonchev–Trinajstić information content (AvgIpc) is 3.28. The van der Waals surface area contributed by atoms with E-state index >= 15 is 0 Å². The Hall–Kier alpha value is -3.48. The molecule has 2 aromatic heterocycles. The summed E-state index contributed by atoms with van der Waals surface area (Å²) >= 11 is 0. The van der Waals surface area contributed by atoms with Crippen LogP contribution < -0.4 is 5.32 Å². The summed E-state index contributed by atoms with van der Waals surface area (Å²) in [5.74, 6) is 0.0490. The molecule has 1 aromatic carbocycles. The van der Waals surface area contributed by atoms with Crippen molar-refractivity contribution in [1.82, 2.24) is 20.4 Å². The highest BCUT2D eigenvalue weighted by Crippen LogP contribution is 2.23. The molecule has 2 amide bonds. The maximum absolute atomic E-state index is 12.9. The van der Waals surface area contributed by atoms with Crippen molar-refractivity contribution in [3.63, 3.8) is 0 Å².